The molecule has 0 amide bonds. The molecule has 0 fully saturated rings. The van der Waals surface area contributed by atoms with Gasteiger partial charge in [-0.25, -0.2) is 13.4 Å². The number of pyridine rings is 1. The highest BCUT2D eigenvalue weighted by atomic mass is 32.2. The molecule has 0 spiro atoms. The van der Waals surface area contributed by atoms with E-state index in [0.29, 0.717) is 28.5 Å². The number of sulfonamides is 1. The van der Waals surface area contributed by atoms with Crippen molar-refractivity contribution in [3.05, 3.63) is 59.6 Å². The number of rotatable bonds is 5. The Morgan fingerprint density at radius 1 is 1.15 bits per heavy atom. The fraction of sp³-hybridized carbons (Fsp3) is 0.118. The zero-order chi connectivity index (χ0) is 18.7. The van der Waals surface area contributed by atoms with Crippen LogP contribution in [0.3, 0.4) is 0 Å². The Balaban J connectivity index is 1.77. The standard InChI is InChI=1S/C17H15N5O3S/c1-11-17(12(2)25-21-11)26(23,24)22-15-6-7-16(19-10-15)20-14-5-3-4-13(8-14)9-18/h3-8,10,22H,1-2H3,(H,19,20). The normalized spacial score (nSPS) is 11.0. The van der Waals surface area contributed by atoms with E-state index in [1.807, 2.05) is 0 Å². The van der Waals surface area contributed by atoms with Crippen LogP contribution in [0.25, 0.3) is 0 Å². The molecular formula is C17H15N5O3S. The summed E-state index contributed by atoms with van der Waals surface area (Å²) >= 11 is 0. The Kier molecular flexibility index (Phi) is 4.60. The lowest BCUT2D eigenvalue weighted by atomic mass is 10.2. The van der Waals surface area contributed by atoms with E-state index in [4.69, 9.17) is 9.78 Å². The molecule has 0 radical (unpaired) electrons. The summed E-state index contributed by atoms with van der Waals surface area (Å²) in [5.74, 6) is 0.735. The maximum absolute atomic E-state index is 12.5. The van der Waals surface area contributed by atoms with Gasteiger partial charge < -0.3 is 9.84 Å². The molecule has 0 aliphatic heterocycles. The summed E-state index contributed by atoms with van der Waals surface area (Å²) in [6.45, 7) is 3.10. The number of hydrogen-bond donors (Lipinski definition) is 2. The van der Waals surface area contributed by atoms with Crippen LogP contribution in [-0.4, -0.2) is 18.6 Å². The summed E-state index contributed by atoms with van der Waals surface area (Å²) < 4.78 is 32.3. The van der Waals surface area contributed by atoms with Gasteiger partial charge in [0.05, 0.1) is 23.5 Å². The summed E-state index contributed by atoms with van der Waals surface area (Å²) in [4.78, 5) is 4.20. The first-order valence-electron chi connectivity index (χ1n) is 7.58. The maximum atomic E-state index is 12.5. The average molecular weight is 369 g/mol. The van der Waals surface area contributed by atoms with Crippen LogP contribution in [0.2, 0.25) is 0 Å². The minimum atomic E-state index is -3.81. The van der Waals surface area contributed by atoms with E-state index in [1.165, 1.54) is 13.1 Å². The average Bonchev–Trinajstić information content (AvgIpc) is 2.96. The van der Waals surface area contributed by atoms with Crippen LogP contribution >= 0.6 is 0 Å². The second-order valence-corrected chi connectivity index (χ2v) is 7.13. The molecule has 0 atom stereocenters. The highest BCUT2D eigenvalue weighted by molar-refractivity contribution is 7.92. The van der Waals surface area contributed by atoms with E-state index in [0.717, 1.165) is 0 Å². The van der Waals surface area contributed by atoms with Crippen LogP contribution in [-0.2, 0) is 10.0 Å². The van der Waals surface area contributed by atoms with E-state index >= 15 is 0 Å². The number of nitriles is 1. The highest BCUT2D eigenvalue weighted by Gasteiger charge is 2.24. The van der Waals surface area contributed by atoms with Gasteiger partial charge in [-0.2, -0.15) is 5.26 Å². The minimum Gasteiger partial charge on any atom is -0.360 e. The molecule has 0 unspecified atom stereocenters. The lowest BCUT2D eigenvalue weighted by molar-refractivity contribution is 0.390. The van der Waals surface area contributed by atoms with Crippen LogP contribution in [0.5, 0.6) is 0 Å². The van der Waals surface area contributed by atoms with Crippen LogP contribution in [0, 0.1) is 25.2 Å². The molecule has 9 heteroatoms. The van der Waals surface area contributed by atoms with Crippen LogP contribution < -0.4 is 10.0 Å². The molecule has 0 saturated carbocycles. The Bertz CT molecular complexity index is 1060. The van der Waals surface area contributed by atoms with Crippen molar-refractivity contribution >= 4 is 27.2 Å². The second-order valence-electron chi connectivity index (χ2n) is 5.51. The Hall–Kier alpha value is -3.38. The summed E-state index contributed by atoms with van der Waals surface area (Å²) in [6, 6.07) is 12.2. The third kappa shape index (κ3) is 3.65. The van der Waals surface area contributed by atoms with Crippen LogP contribution in [0.15, 0.2) is 52.0 Å². The van der Waals surface area contributed by atoms with Gasteiger partial charge >= 0.3 is 0 Å². The largest absolute Gasteiger partial charge is 0.360 e. The molecule has 0 aliphatic carbocycles. The molecule has 2 aromatic heterocycles. The summed E-state index contributed by atoms with van der Waals surface area (Å²) in [7, 11) is -3.81. The predicted octanol–water partition coefficient (Wildman–Crippen LogP) is 3.10. The number of nitrogens with one attached hydrogen (secondary N) is 2. The van der Waals surface area contributed by atoms with Gasteiger partial charge in [-0.05, 0) is 44.2 Å². The van der Waals surface area contributed by atoms with E-state index in [-0.39, 0.29) is 10.7 Å². The molecule has 26 heavy (non-hydrogen) atoms. The summed E-state index contributed by atoms with van der Waals surface area (Å²) in [5.41, 5.74) is 1.83. The number of hydrogen-bond acceptors (Lipinski definition) is 7. The maximum Gasteiger partial charge on any atom is 0.267 e. The van der Waals surface area contributed by atoms with Gasteiger partial charge in [0, 0.05) is 5.69 Å². The highest BCUT2D eigenvalue weighted by Crippen LogP contribution is 2.23. The third-order valence-corrected chi connectivity index (χ3v) is 5.14. The van der Waals surface area contributed by atoms with Crippen molar-refractivity contribution in [3.63, 3.8) is 0 Å². The number of aromatic nitrogens is 2. The summed E-state index contributed by atoms with van der Waals surface area (Å²) in [5, 5.41) is 15.6. The fourth-order valence-corrected chi connectivity index (χ4v) is 3.78. The molecule has 2 N–H and O–H groups in total. The molecule has 132 valence electrons. The molecule has 2 heterocycles. The zero-order valence-electron chi connectivity index (χ0n) is 14.0. The number of aryl methyl sites for hydroxylation is 2. The first kappa shape index (κ1) is 17.4. The summed E-state index contributed by atoms with van der Waals surface area (Å²) in [6.07, 6.45) is 1.40. The second kappa shape index (κ2) is 6.85. The molecule has 0 bridgehead atoms. The molecule has 0 saturated heterocycles. The van der Waals surface area contributed by atoms with Crippen molar-refractivity contribution in [3.8, 4) is 6.07 Å². The smallest absolute Gasteiger partial charge is 0.267 e. The van der Waals surface area contributed by atoms with Gasteiger partial charge in [-0.1, -0.05) is 11.2 Å². The first-order chi connectivity index (χ1) is 12.4. The lowest BCUT2D eigenvalue weighted by Gasteiger charge is -2.09. The molecule has 3 rings (SSSR count). The Morgan fingerprint density at radius 2 is 1.96 bits per heavy atom. The number of benzene rings is 1. The van der Waals surface area contributed by atoms with Gasteiger partial charge in [0.1, 0.15) is 11.5 Å². The topological polar surface area (TPSA) is 121 Å². The molecule has 3 aromatic rings. The predicted molar refractivity (Wildman–Crippen MR) is 95.5 cm³/mol. The monoisotopic (exact) mass is 369 g/mol. The van der Waals surface area contributed by atoms with E-state index in [1.54, 1.807) is 43.3 Å². The quantitative estimate of drug-likeness (QED) is 0.708. The van der Waals surface area contributed by atoms with Crippen LogP contribution in [0.1, 0.15) is 17.0 Å². The van der Waals surface area contributed by atoms with Crippen molar-refractivity contribution < 1.29 is 12.9 Å². The lowest BCUT2D eigenvalue weighted by Crippen LogP contribution is -2.14. The van der Waals surface area contributed by atoms with E-state index in [9.17, 15) is 8.42 Å². The zero-order valence-corrected chi connectivity index (χ0v) is 14.8. The van der Waals surface area contributed by atoms with Gasteiger partial charge in [-0.15, -0.1) is 0 Å². The van der Waals surface area contributed by atoms with Gasteiger partial charge in [-0.3, -0.25) is 4.72 Å². The molecular weight excluding hydrogens is 354 g/mol. The fourth-order valence-electron chi connectivity index (χ4n) is 2.41. The van der Waals surface area contributed by atoms with Crippen molar-refractivity contribution in [2.24, 2.45) is 0 Å². The first-order valence-corrected chi connectivity index (χ1v) is 9.06. The van der Waals surface area contributed by atoms with Crippen molar-refractivity contribution in [2.75, 3.05) is 10.0 Å². The number of anilines is 3. The van der Waals surface area contributed by atoms with Crippen molar-refractivity contribution in [1.82, 2.24) is 10.1 Å². The van der Waals surface area contributed by atoms with Gasteiger partial charge in [0.15, 0.2) is 10.7 Å². The third-order valence-electron chi connectivity index (χ3n) is 3.52. The van der Waals surface area contributed by atoms with Gasteiger partial charge in [0.2, 0.25) is 0 Å². The number of nitrogens with zero attached hydrogens (tertiary/aromatic N) is 3. The minimum absolute atomic E-state index is 0.0213. The van der Waals surface area contributed by atoms with Crippen molar-refractivity contribution in [1.29, 1.82) is 5.26 Å². The van der Waals surface area contributed by atoms with Crippen LogP contribution in [0.4, 0.5) is 17.2 Å². The molecule has 1 aromatic carbocycles. The van der Waals surface area contributed by atoms with Gasteiger partial charge in [0.25, 0.3) is 10.0 Å². The Labute approximate surface area is 150 Å². The van der Waals surface area contributed by atoms with Crippen molar-refractivity contribution in [2.45, 2.75) is 18.7 Å². The van der Waals surface area contributed by atoms with E-state index in [2.05, 4.69) is 26.2 Å². The Morgan fingerprint density at radius 3 is 2.58 bits per heavy atom. The van der Waals surface area contributed by atoms with E-state index < -0.39 is 10.0 Å². The molecule has 8 nitrogen and oxygen atoms in total. The SMILES string of the molecule is Cc1noc(C)c1S(=O)(=O)Nc1ccc(Nc2cccc(C#N)c2)nc1. The molecule has 0 aliphatic rings.